The quantitative estimate of drug-likeness (QED) is 0.0499. The second-order valence-corrected chi connectivity index (χ2v) is 21.3. The number of likely N-dealkylation sites (tertiary alicyclic amines) is 1. The van der Waals surface area contributed by atoms with Gasteiger partial charge in [-0.05, 0) is 105 Å². The van der Waals surface area contributed by atoms with Crippen LogP contribution in [-0.2, 0) is 54.6 Å². The van der Waals surface area contributed by atoms with Crippen molar-refractivity contribution in [2.45, 2.75) is 76.8 Å². The highest BCUT2D eigenvalue weighted by atomic mass is 79.9. The number of amides is 3. The summed E-state index contributed by atoms with van der Waals surface area (Å²) >= 11 is 13.9. The first-order chi connectivity index (χ1) is 39.8. The molecule has 6 aromatic heterocycles. The Labute approximate surface area is 525 Å². The number of aliphatic carboxylic acids is 1. The number of nitrogens with one attached hydrogen (secondary N) is 3. The van der Waals surface area contributed by atoms with Crippen molar-refractivity contribution < 1.29 is 43.3 Å². The van der Waals surface area contributed by atoms with Crippen LogP contribution >= 0.6 is 57.8 Å². The van der Waals surface area contributed by atoms with E-state index < -0.39 is 12.0 Å². The van der Waals surface area contributed by atoms with Crippen molar-refractivity contribution in [3.05, 3.63) is 106 Å². The molecule has 2 saturated carbocycles. The number of carbonyl (C=O) groups is 6. The zero-order chi connectivity index (χ0) is 59.4. The van der Waals surface area contributed by atoms with Crippen molar-refractivity contribution in [3.63, 3.8) is 0 Å². The minimum Gasteiger partial charge on any atom is -0.497 e. The van der Waals surface area contributed by atoms with Gasteiger partial charge in [0.05, 0.1) is 31.3 Å². The summed E-state index contributed by atoms with van der Waals surface area (Å²) in [6.45, 7) is 2.41. The van der Waals surface area contributed by atoms with Gasteiger partial charge in [-0.1, -0.05) is 12.1 Å². The molecule has 0 radical (unpaired) electrons. The molecule has 2 aromatic carbocycles. The van der Waals surface area contributed by atoms with Gasteiger partial charge in [-0.2, -0.15) is 23.7 Å². The van der Waals surface area contributed by atoms with Crippen LogP contribution in [-0.4, -0.2) is 133 Å². The number of hydrogen-bond donors (Lipinski definition) is 6. The highest BCUT2D eigenvalue weighted by Crippen LogP contribution is 2.48. The van der Waals surface area contributed by atoms with Crippen molar-refractivity contribution in [1.29, 1.82) is 0 Å². The maximum absolute atomic E-state index is 13.6. The number of carboxylic acid groups (broad SMARTS) is 1. The molecule has 0 spiro atoms. The number of carboxylic acids is 1. The minimum atomic E-state index is -1.03. The summed E-state index contributed by atoms with van der Waals surface area (Å²) in [6.07, 6.45) is 9.97. The van der Waals surface area contributed by atoms with Gasteiger partial charge in [0.15, 0.2) is 11.6 Å². The second-order valence-electron chi connectivity index (χ2n) is 19.7. The monoisotopic (exact) mass is 1360 g/mol. The Morgan fingerprint density at radius 2 is 1.13 bits per heavy atom. The maximum atomic E-state index is 13.6. The van der Waals surface area contributed by atoms with Gasteiger partial charge in [-0.25, -0.2) is 29.9 Å². The lowest BCUT2D eigenvalue weighted by molar-refractivity contribution is -0.138. The Balaban J connectivity index is 0.000000195. The van der Waals surface area contributed by atoms with Crippen LogP contribution in [0.3, 0.4) is 0 Å². The van der Waals surface area contributed by atoms with Crippen molar-refractivity contribution >= 4 is 161 Å². The number of Topliss-reactive ketones (excluding diaryl/α,β-unsaturated/α-hetero) is 2. The van der Waals surface area contributed by atoms with E-state index in [0.29, 0.717) is 72.5 Å². The van der Waals surface area contributed by atoms with E-state index in [9.17, 15) is 28.8 Å². The normalized spacial score (nSPS) is 18.2. The molecule has 3 amide bonds. The van der Waals surface area contributed by atoms with Crippen LogP contribution in [0, 0.1) is 11.8 Å². The summed E-state index contributed by atoms with van der Waals surface area (Å²) in [5, 5.41) is 27.7. The third kappa shape index (κ3) is 15.2. The number of fused-ring (bicyclic) bond motifs is 4. The molecule has 4 aliphatic rings. The zero-order valence-corrected chi connectivity index (χ0v) is 52.2. The average molecular weight is 1360 g/mol. The molecule has 4 fully saturated rings. The van der Waals surface area contributed by atoms with Crippen LogP contribution in [0.1, 0.15) is 60.5 Å². The number of pyridine rings is 2. The molecular formula is C54H55Br2ClN16O9S3. The molecule has 85 heavy (non-hydrogen) atoms. The van der Waals surface area contributed by atoms with Gasteiger partial charge in [0, 0.05) is 119 Å². The summed E-state index contributed by atoms with van der Waals surface area (Å²) in [4.78, 5) is 100. The Hall–Kier alpha value is -7.74. The first-order valence-electron chi connectivity index (χ1n) is 25.5. The molecule has 25 nitrogen and oxygen atoms in total. The number of nitrogens with two attached hydrogens (primary N) is 2. The number of ether oxygens (including phenoxy) is 2. The van der Waals surface area contributed by atoms with E-state index >= 15 is 0 Å². The lowest BCUT2D eigenvalue weighted by Gasteiger charge is -2.27. The van der Waals surface area contributed by atoms with Crippen LogP contribution in [0.15, 0.2) is 94.7 Å². The van der Waals surface area contributed by atoms with E-state index in [4.69, 9.17) is 26.0 Å². The fraction of sp³-hybridized carbons (Fsp3) is 0.296. The Morgan fingerprint density at radius 1 is 0.659 bits per heavy atom. The van der Waals surface area contributed by atoms with Gasteiger partial charge in [-0.15, -0.1) is 12.4 Å². The molecule has 444 valence electrons. The molecule has 2 aliphatic carbocycles. The topological polar surface area (TPSA) is 345 Å². The van der Waals surface area contributed by atoms with Gasteiger partial charge in [0.25, 0.3) is 0 Å². The van der Waals surface area contributed by atoms with Crippen LogP contribution in [0.4, 0.5) is 23.5 Å². The van der Waals surface area contributed by atoms with E-state index in [0.717, 1.165) is 35.1 Å². The predicted octanol–water partition coefficient (Wildman–Crippen LogP) is 6.51. The van der Waals surface area contributed by atoms with E-state index in [1.54, 1.807) is 79.3 Å². The van der Waals surface area contributed by atoms with E-state index in [2.05, 4.69) is 110 Å². The summed E-state index contributed by atoms with van der Waals surface area (Å²) in [5.41, 5.74) is 15.8. The van der Waals surface area contributed by atoms with Gasteiger partial charge in [-0.3, -0.25) is 38.1 Å². The number of anilines is 4. The molecule has 12 rings (SSSR count). The third-order valence-electron chi connectivity index (χ3n) is 14.1. The maximum Gasteiger partial charge on any atom is 0.325 e. The number of nitrogens with zero attached hydrogens (tertiary/aromatic N) is 11. The molecule has 2 saturated heterocycles. The lowest BCUT2D eigenvalue weighted by atomic mass is 10.0. The highest BCUT2D eigenvalue weighted by Gasteiger charge is 2.56. The number of benzene rings is 2. The van der Waals surface area contributed by atoms with Gasteiger partial charge >= 0.3 is 5.97 Å². The molecule has 8 N–H and O–H groups in total. The molecule has 31 heteroatoms. The number of halogens is 3. The van der Waals surface area contributed by atoms with Gasteiger partial charge in [0.1, 0.15) is 62.9 Å². The Kier molecular flexibility index (Phi) is 21.3. The van der Waals surface area contributed by atoms with Gasteiger partial charge in [0.2, 0.25) is 29.6 Å². The molecule has 8 heterocycles. The fourth-order valence-electron chi connectivity index (χ4n) is 10.1. The number of ketones is 2. The SMILES string of the molecule is CC(=O)c1nn(CC(=O)O)c2ccc(-c3cnc(N)nc3)cc12.COc1cc(Br)nc(NC(=O)[C@@H]2C[C@H]3C[C@H]3N2)c1.COc1cc(Br)nc(NC(=O)[C@@H]2C[C@H]3C[C@H]3N2C(=O)Cn2nc(C(C)=O)c3cc(-c4cnc(N)nc4)ccc32)c1.Cl.S.S=S. The third-order valence-corrected chi connectivity index (χ3v) is 15.0. The summed E-state index contributed by atoms with van der Waals surface area (Å²) in [5.74, 6) is 1.33. The number of rotatable bonds is 14. The Morgan fingerprint density at radius 3 is 1.56 bits per heavy atom. The highest BCUT2D eigenvalue weighted by molar-refractivity contribution is 9.10. The van der Waals surface area contributed by atoms with Gasteiger partial charge < -0.3 is 46.9 Å². The van der Waals surface area contributed by atoms with Crippen LogP contribution in [0.5, 0.6) is 11.5 Å². The smallest absolute Gasteiger partial charge is 0.325 e. The number of nitrogen functional groups attached to an aromatic ring is 2. The number of carbonyl (C=O) groups excluding carboxylic acids is 5. The second kappa shape index (κ2) is 28.0. The van der Waals surface area contributed by atoms with Crippen molar-refractivity contribution in [2.75, 3.05) is 36.3 Å². The summed E-state index contributed by atoms with van der Waals surface area (Å²) in [6, 6.07) is 17.4. The van der Waals surface area contributed by atoms with Crippen molar-refractivity contribution in [1.82, 2.24) is 59.7 Å². The summed E-state index contributed by atoms with van der Waals surface area (Å²) < 4.78 is 14.4. The molecule has 6 atom stereocenters. The van der Waals surface area contributed by atoms with E-state index in [-0.39, 0.29) is 110 Å². The summed E-state index contributed by atoms with van der Waals surface area (Å²) in [7, 11) is 3.11. The minimum absolute atomic E-state index is 0. The predicted molar refractivity (Wildman–Crippen MR) is 335 cm³/mol. The van der Waals surface area contributed by atoms with E-state index in [1.165, 1.54) is 36.7 Å². The first kappa shape index (κ1) is 64.8. The van der Waals surface area contributed by atoms with E-state index in [1.807, 2.05) is 18.2 Å². The molecule has 8 aromatic rings. The van der Waals surface area contributed by atoms with Crippen molar-refractivity contribution in [3.8, 4) is 33.8 Å². The lowest BCUT2D eigenvalue weighted by Crippen LogP contribution is -2.46. The molecule has 0 unspecified atom stereocenters. The van der Waals surface area contributed by atoms with Crippen LogP contribution in [0.25, 0.3) is 44.1 Å². The fourth-order valence-corrected chi connectivity index (χ4v) is 10.9. The van der Waals surface area contributed by atoms with Crippen LogP contribution in [0.2, 0.25) is 0 Å². The molecule has 2 aliphatic heterocycles. The number of methoxy groups -OCH3 is 2. The first-order valence-corrected chi connectivity index (χ1v) is 28.4. The molecule has 0 bridgehead atoms. The number of piperidine rings is 2. The standard InChI is InChI=1S/C27H25BrN8O4.C15H13N5O3.C12H14BrN3O2.ClH.S2.H2S/c1-13(37)25-18-5-14(16-10-30-27(29)31-11-16)3-4-19(18)35(34-25)12-24(38)36-20-6-15(20)7-21(36)26(39)33-23-9-17(40-2)8-22(28)32-23;1-8(21)14-11-4-9(10-5-17-15(16)18-6-10)2-3-12(11)20(19-14)7-13(22)23;1-18-7-4-10(13)15-11(5-7)16-12(17)9-3-6-2-8(6)14-9;;1-2;/h3-5,8-11,15,20-21H,6-7,12H2,1-2H3,(H2,29,30,31)(H,32,33,39);2-6H,7H2,1H3,(H,22,23)(H2,16,17,18);4-6,8-9,14H,2-3H2,1H3,(H,15,16,17);1H;;1H2/t15-,20-,21+;;6-,8-,9+;;;/m1.1.../s1. The van der Waals surface area contributed by atoms with Crippen molar-refractivity contribution in [2.24, 2.45) is 11.8 Å². The average Bonchev–Trinajstić information content (AvgIpc) is 2.41. The number of hydrogen-bond acceptors (Lipinski definition) is 21. The number of aromatic nitrogens is 10. The molecular weight excluding hydrogens is 1310 g/mol. The largest absolute Gasteiger partial charge is 0.497 e. The Bertz CT molecular complexity index is 3840. The zero-order valence-electron chi connectivity index (χ0n) is 45.6. The van der Waals surface area contributed by atoms with Crippen LogP contribution < -0.4 is 36.9 Å².